The van der Waals surface area contributed by atoms with Crippen molar-refractivity contribution in [1.29, 1.82) is 0 Å². The van der Waals surface area contributed by atoms with Crippen LogP contribution in [0.2, 0.25) is 0 Å². The van der Waals surface area contributed by atoms with E-state index in [1.54, 1.807) is 0 Å². The van der Waals surface area contributed by atoms with Crippen LogP contribution in [0.15, 0.2) is 28.8 Å². The van der Waals surface area contributed by atoms with Crippen molar-refractivity contribution in [1.82, 2.24) is 15.5 Å². The standard InChI is InChI=1S/C12H13N3O3/c1-13-6-11-14-12(18-15-11)10-7-16-8-4-2-3-5-9(8)17-10/h2-5,10,13H,6-7H2,1H3. The van der Waals surface area contributed by atoms with Crippen molar-refractivity contribution in [2.75, 3.05) is 13.7 Å². The van der Waals surface area contributed by atoms with Gasteiger partial charge < -0.3 is 19.3 Å². The molecule has 18 heavy (non-hydrogen) atoms. The number of aromatic nitrogens is 2. The van der Waals surface area contributed by atoms with E-state index < -0.39 is 0 Å². The normalized spacial score (nSPS) is 17.7. The van der Waals surface area contributed by atoms with Gasteiger partial charge in [0.1, 0.15) is 6.61 Å². The number of benzene rings is 1. The second-order valence-corrected chi connectivity index (χ2v) is 3.94. The predicted octanol–water partition coefficient (Wildman–Crippen LogP) is 1.30. The quantitative estimate of drug-likeness (QED) is 0.881. The number of ether oxygens (including phenoxy) is 2. The largest absolute Gasteiger partial charge is 0.485 e. The molecular weight excluding hydrogens is 234 g/mol. The first-order valence-corrected chi connectivity index (χ1v) is 5.72. The van der Waals surface area contributed by atoms with Crippen LogP contribution in [0.25, 0.3) is 0 Å². The number of fused-ring (bicyclic) bond motifs is 1. The smallest absolute Gasteiger partial charge is 0.271 e. The second-order valence-electron chi connectivity index (χ2n) is 3.94. The molecule has 0 amide bonds. The van der Waals surface area contributed by atoms with E-state index >= 15 is 0 Å². The highest BCUT2D eigenvalue weighted by molar-refractivity contribution is 5.40. The fraction of sp³-hybridized carbons (Fsp3) is 0.333. The molecule has 0 saturated heterocycles. The van der Waals surface area contributed by atoms with Crippen LogP contribution in [-0.2, 0) is 6.54 Å². The lowest BCUT2D eigenvalue weighted by Crippen LogP contribution is -2.21. The van der Waals surface area contributed by atoms with Gasteiger partial charge in [0.15, 0.2) is 17.3 Å². The van der Waals surface area contributed by atoms with E-state index in [0.717, 1.165) is 5.75 Å². The molecule has 6 heteroatoms. The molecule has 1 N–H and O–H groups in total. The van der Waals surface area contributed by atoms with Crippen molar-refractivity contribution < 1.29 is 14.0 Å². The molecule has 1 aliphatic rings. The number of para-hydroxylation sites is 2. The van der Waals surface area contributed by atoms with Gasteiger partial charge in [-0.15, -0.1) is 0 Å². The highest BCUT2D eigenvalue weighted by Gasteiger charge is 2.27. The minimum absolute atomic E-state index is 0.349. The summed E-state index contributed by atoms with van der Waals surface area (Å²) in [6, 6.07) is 7.52. The summed E-state index contributed by atoms with van der Waals surface area (Å²) in [4.78, 5) is 4.25. The average Bonchev–Trinajstić information content (AvgIpc) is 2.87. The molecule has 1 aromatic carbocycles. The first-order valence-electron chi connectivity index (χ1n) is 5.72. The fourth-order valence-corrected chi connectivity index (χ4v) is 1.77. The Hall–Kier alpha value is -2.08. The summed E-state index contributed by atoms with van der Waals surface area (Å²) in [5.41, 5.74) is 0. The zero-order chi connectivity index (χ0) is 12.4. The number of nitrogens with one attached hydrogen (secondary N) is 1. The predicted molar refractivity (Wildman–Crippen MR) is 62.4 cm³/mol. The van der Waals surface area contributed by atoms with Crippen molar-refractivity contribution in [2.45, 2.75) is 12.6 Å². The highest BCUT2D eigenvalue weighted by Crippen LogP contribution is 2.35. The maximum Gasteiger partial charge on any atom is 0.271 e. The molecule has 94 valence electrons. The van der Waals surface area contributed by atoms with Crippen molar-refractivity contribution in [3.8, 4) is 11.5 Å². The van der Waals surface area contributed by atoms with Crippen LogP contribution in [0.1, 0.15) is 17.8 Å². The number of hydrogen-bond donors (Lipinski definition) is 1. The van der Waals surface area contributed by atoms with E-state index in [-0.39, 0.29) is 6.10 Å². The van der Waals surface area contributed by atoms with Crippen molar-refractivity contribution in [3.63, 3.8) is 0 Å². The summed E-state index contributed by atoms with van der Waals surface area (Å²) in [7, 11) is 1.83. The Morgan fingerprint density at radius 2 is 2.17 bits per heavy atom. The minimum Gasteiger partial charge on any atom is -0.485 e. The molecule has 0 radical (unpaired) electrons. The van der Waals surface area contributed by atoms with Crippen LogP contribution in [0.4, 0.5) is 0 Å². The molecule has 2 aromatic rings. The van der Waals surface area contributed by atoms with Crippen LogP contribution in [-0.4, -0.2) is 23.8 Å². The lowest BCUT2D eigenvalue weighted by atomic mass is 10.2. The molecule has 1 aromatic heterocycles. The lowest BCUT2D eigenvalue weighted by Gasteiger charge is -2.23. The van der Waals surface area contributed by atoms with Crippen LogP contribution in [0.3, 0.4) is 0 Å². The molecule has 0 spiro atoms. The van der Waals surface area contributed by atoms with Gasteiger partial charge in [0.2, 0.25) is 6.10 Å². The van der Waals surface area contributed by atoms with Gasteiger partial charge in [0, 0.05) is 0 Å². The van der Waals surface area contributed by atoms with Gasteiger partial charge in [0.25, 0.3) is 5.89 Å². The van der Waals surface area contributed by atoms with Crippen LogP contribution in [0.5, 0.6) is 11.5 Å². The van der Waals surface area contributed by atoms with Gasteiger partial charge in [-0.05, 0) is 19.2 Å². The molecule has 2 heterocycles. The molecule has 3 rings (SSSR count). The van der Waals surface area contributed by atoms with Gasteiger partial charge in [-0.3, -0.25) is 0 Å². The van der Waals surface area contributed by atoms with Gasteiger partial charge in [-0.25, -0.2) is 0 Å². The van der Waals surface area contributed by atoms with E-state index in [2.05, 4.69) is 15.5 Å². The zero-order valence-corrected chi connectivity index (χ0v) is 9.92. The summed E-state index contributed by atoms with van der Waals surface area (Å²) in [6.45, 7) is 0.936. The van der Waals surface area contributed by atoms with E-state index in [4.69, 9.17) is 14.0 Å². The summed E-state index contributed by atoms with van der Waals surface area (Å²) < 4.78 is 16.5. The van der Waals surface area contributed by atoms with Crippen molar-refractivity contribution in [2.24, 2.45) is 0 Å². The van der Waals surface area contributed by atoms with Crippen molar-refractivity contribution in [3.05, 3.63) is 36.0 Å². The third kappa shape index (κ3) is 2.02. The Balaban J connectivity index is 1.78. The molecule has 0 bridgehead atoms. The van der Waals surface area contributed by atoms with Crippen LogP contribution < -0.4 is 14.8 Å². The Morgan fingerprint density at radius 3 is 3.00 bits per heavy atom. The fourth-order valence-electron chi connectivity index (χ4n) is 1.77. The molecule has 1 aliphatic heterocycles. The first kappa shape index (κ1) is 11.0. The first-order chi connectivity index (χ1) is 8.86. The van der Waals surface area contributed by atoms with E-state index in [1.165, 1.54) is 0 Å². The molecule has 0 fully saturated rings. The molecule has 0 saturated carbocycles. The lowest BCUT2D eigenvalue weighted by molar-refractivity contribution is 0.0665. The Morgan fingerprint density at radius 1 is 1.33 bits per heavy atom. The van der Waals surface area contributed by atoms with Crippen LogP contribution >= 0.6 is 0 Å². The monoisotopic (exact) mass is 247 g/mol. The molecular formula is C12H13N3O3. The summed E-state index contributed by atoms with van der Waals surface area (Å²) in [6.07, 6.45) is -0.349. The van der Waals surface area contributed by atoms with Gasteiger partial charge in [-0.1, -0.05) is 17.3 Å². The van der Waals surface area contributed by atoms with E-state index in [0.29, 0.717) is 30.6 Å². The summed E-state index contributed by atoms with van der Waals surface area (Å²) in [5.74, 6) is 2.48. The summed E-state index contributed by atoms with van der Waals surface area (Å²) >= 11 is 0. The molecule has 1 unspecified atom stereocenters. The Kier molecular flexibility index (Phi) is 2.85. The molecule has 6 nitrogen and oxygen atoms in total. The molecule has 1 atom stereocenters. The van der Waals surface area contributed by atoms with Gasteiger partial charge >= 0.3 is 0 Å². The van der Waals surface area contributed by atoms with Crippen molar-refractivity contribution >= 4 is 0 Å². The maximum atomic E-state index is 5.77. The SMILES string of the molecule is CNCc1noc(C2COc3ccccc3O2)n1. The number of nitrogens with zero attached hydrogens (tertiary/aromatic N) is 2. The second kappa shape index (κ2) is 4.66. The topological polar surface area (TPSA) is 69.4 Å². The van der Waals surface area contributed by atoms with Gasteiger partial charge in [0.05, 0.1) is 6.54 Å². The molecule has 0 aliphatic carbocycles. The number of hydrogen-bond acceptors (Lipinski definition) is 6. The van der Waals surface area contributed by atoms with Crippen LogP contribution in [0, 0.1) is 0 Å². The third-order valence-corrected chi connectivity index (χ3v) is 2.60. The third-order valence-electron chi connectivity index (χ3n) is 2.60. The highest BCUT2D eigenvalue weighted by atomic mass is 16.6. The van der Waals surface area contributed by atoms with E-state index in [1.807, 2.05) is 31.3 Å². The summed E-state index contributed by atoms with van der Waals surface area (Å²) in [5, 5.41) is 6.81. The minimum atomic E-state index is -0.349. The Labute approximate surface area is 104 Å². The van der Waals surface area contributed by atoms with Gasteiger partial charge in [-0.2, -0.15) is 4.98 Å². The Bertz CT molecular complexity index is 541. The zero-order valence-electron chi connectivity index (χ0n) is 9.92. The van der Waals surface area contributed by atoms with E-state index in [9.17, 15) is 0 Å². The number of rotatable bonds is 3. The maximum absolute atomic E-state index is 5.77. The average molecular weight is 247 g/mol.